The summed E-state index contributed by atoms with van der Waals surface area (Å²) in [5.74, 6) is -0.437. The third-order valence-electron chi connectivity index (χ3n) is 2.94. The van der Waals surface area contributed by atoms with Crippen molar-refractivity contribution in [2.45, 2.75) is 0 Å². The van der Waals surface area contributed by atoms with E-state index in [-0.39, 0.29) is 11.3 Å². The third-order valence-corrected chi connectivity index (χ3v) is 4.34. The predicted molar refractivity (Wildman–Crippen MR) is 93.3 cm³/mol. The molecule has 2 N–H and O–H groups in total. The molecular weight excluding hydrogens is 384 g/mol. The van der Waals surface area contributed by atoms with Crippen molar-refractivity contribution in [1.82, 2.24) is 4.98 Å². The lowest BCUT2D eigenvalue weighted by atomic mass is 10.2. The minimum Gasteiger partial charge on any atom is -0.502 e. The molecule has 0 bridgehead atoms. The topological polar surface area (TPSA) is 101 Å². The zero-order valence-corrected chi connectivity index (χ0v) is 13.8. The molecule has 1 heterocycles. The molecule has 0 unspecified atom stereocenters. The molecule has 0 spiro atoms. The van der Waals surface area contributed by atoms with Gasteiger partial charge < -0.3 is 5.11 Å². The van der Waals surface area contributed by atoms with Crippen LogP contribution >= 0.6 is 27.3 Å². The molecule has 0 aliphatic carbocycles. The number of hydrazone groups is 1. The van der Waals surface area contributed by atoms with Crippen molar-refractivity contribution in [2.24, 2.45) is 5.10 Å². The molecule has 23 heavy (non-hydrogen) atoms. The number of hydrogen-bond acceptors (Lipinski definition) is 7. The van der Waals surface area contributed by atoms with Gasteiger partial charge in [-0.1, -0.05) is 39.4 Å². The summed E-state index contributed by atoms with van der Waals surface area (Å²) in [6.07, 6.45) is 1.30. The van der Waals surface area contributed by atoms with E-state index in [2.05, 4.69) is 31.4 Å². The largest absolute Gasteiger partial charge is 0.502 e. The molecule has 0 radical (unpaired) electrons. The maximum Gasteiger partial charge on any atom is 0.312 e. The van der Waals surface area contributed by atoms with Crippen molar-refractivity contribution in [3.05, 3.63) is 56.5 Å². The number of phenols is 1. The van der Waals surface area contributed by atoms with E-state index in [0.717, 1.165) is 10.2 Å². The summed E-state index contributed by atoms with van der Waals surface area (Å²) in [5, 5.41) is 25.3. The van der Waals surface area contributed by atoms with Crippen LogP contribution in [0, 0.1) is 10.1 Å². The van der Waals surface area contributed by atoms with Gasteiger partial charge in [-0.2, -0.15) is 5.10 Å². The number of nitro benzene ring substituents is 1. The Labute approximate surface area is 142 Å². The minimum atomic E-state index is -0.654. The fourth-order valence-electron chi connectivity index (χ4n) is 1.92. The molecule has 0 amide bonds. The lowest BCUT2D eigenvalue weighted by molar-refractivity contribution is -0.385. The Kier molecular flexibility index (Phi) is 4.22. The van der Waals surface area contributed by atoms with Gasteiger partial charge in [0, 0.05) is 16.1 Å². The van der Waals surface area contributed by atoms with E-state index < -0.39 is 10.7 Å². The van der Waals surface area contributed by atoms with Crippen LogP contribution in [0.15, 0.2) is 46.0 Å². The molecule has 116 valence electrons. The molecule has 9 heteroatoms. The number of nitro groups is 1. The minimum absolute atomic E-state index is 0.222. The zero-order valence-electron chi connectivity index (χ0n) is 11.4. The van der Waals surface area contributed by atoms with Gasteiger partial charge in [0.1, 0.15) is 0 Å². The number of halogens is 1. The van der Waals surface area contributed by atoms with E-state index in [1.54, 1.807) is 0 Å². The normalized spacial score (nSPS) is 11.2. The van der Waals surface area contributed by atoms with Gasteiger partial charge >= 0.3 is 5.69 Å². The number of para-hydroxylation sites is 1. The molecule has 3 aromatic rings. The van der Waals surface area contributed by atoms with Crippen molar-refractivity contribution in [3.8, 4) is 5.75 Å². The number of rotatable bonds is 4. The van der Waals surface area contributed by atoms with Crippen LogP contribution in [-0.4, -0.2) is 21.2 Å². The molecular formula is C14H9BrN4O3S. The molecule has 1 aromatic heterocycles. The van der Waals surface area contributed by atoms with E-state index >= 15 is 0 Å². The van der Waals surface area contributed by atoms with Crippen molar-refractivity contribution >= 4 is 54.5 Å². The first kappa shape index (κ1) is 15.4. The lowest BCUT2D eigenvalue weighted by Crippen LogP contribution is -1.94. The standard InChI is InChI=1S/C14H9BrN4O3S/c15-9-5-8(13(20)11(6-9)19(21)22)7-16-18-14-17-10-3-1-2-4-12(10)23-14/h1-7,20H,(H,17,18)/b16-7+. The smallest absolute Gasteiger partial charge is 0.312 e. The number of aromatic hydroxyl groups is 1. The number of phenolic OH excluding ortho intramolecular Hbond substituents is 1. The Morgan fingerprint density at radius 3 is 2.91 bits per heavy atom. The van der Waals surface area contributed by atoms with E-state index in [1.165, 1.54) is 29.7 Å². The lowest BCUT2D eigenvalue weighted by Gasteiger charge is -2.01. The number of nitrogens with zero attached hydrogens (tertiary/aromatic N) is 3. The fourth-order valence-corrected chi connectivity index (χ4v) is 3.20. The number of anilines is 1. The monoisotopic (exact) mass is 392 g/mol. The Morgan fingerprint density at radius 1 is 1.39 bits per heavy atom. The van der Waals surface area contributed by atoms with Crippen molar-refractivity contribution in [3.63, 3.8) is 0 Å². The van der Waals surface area contributed by atoms with Gasteiger partial charge in [-0.25, -0.2) is 4.98 Å². The molecule has 0 aliphatic heterocycles. The molecule has 0 saturated carbocycles. The number of fused-ring (bicyclic) bond motifs is 1. The maximum atomic E-state index is 10.9. The van der Waals surface area contributed by atoms with E-state index in [9.17, 15) is 15.2 Å². The summed E-state index contributed by atoms with van der Waals surface area (Å²) in [6.45, 7) is 0. The van der Waals surface area contributed by atoms with Crippen LogP contribution in [-0.2, 0) is 0 Å². The molecule has 0 atom stereocenters. The second-order valence-corrected chi connectivity index (χ2v) is 6.42. The van der Waals surface area contributed by atoms with Crippen LogP contribution in [0.4, 0.5) is 10.8 Å². The van der Waals surface area contributed by atoms with Crippen molar-refractivity contribution < 1.29 is 10.0 Å². The highest BCUT2D eigenvalue weighted by Crippen LogP contribution is 2.32. The van der Waals surface area contributed by atoms with E-state index in [1.807, 2.05) is 24.3 Å². The Bertz CT molecular complexity index is 893. The third kappa shape index (κ3) is 3.30. The molecule has 0 saturated heterocycles. The average molecular weight is 393 g/mol. The van der Waals surface area contributed by atoms with Crippen LogP contribution in [0.2, 0.25) is 0 Å². The van der Waals surface area contributed by atoms with Crippen LogP contribution in [0.3, 0.4) is 0 Å². The van der Waals surface area contributed by atoms with Gasteiger partial charge in [0.15, 0.2) is 0 Å². The summed E-state index contributed by atoms with van der Waals surface area (Å²) < 4.78 is 1.49. The summed E-state index contributed by atoms with van der Waals surface area (Å²) in [6, 6.07) is 10.4. The molecule has 0 fully saturated rings. The Hall–Kier alpha value is -2.52. The Balaban J connectivity index is 1.84. The average Bonchev–Trinajstić information content (AvgIpc) is 2.92. The van der Waals surface area contributed by atoms with Crippen molar-refractivity contribution in [1.29, 1.82) is 0 Å². The van der Waals surface area contributed by atoms with Crippen LogP contribution in [0.5, 0.6) is 5.75 Å². The number of thiazole rings is 1. The highest BCUT2D eigenvalue weighted by atomic mass is 79.9. The molecule has 7 nitrogen and oxygen atoms in total. The fraction of sp³-hybridized carbons (Fsp3) is 0. The van der Waals surface area contributed by atoms with Gasteiger partial charge in [0.25, 0.3) is 0 Å². The van der Waals surface area contributed by atoms with Crippen LogP contribution < -0.4 is 5.43 Å². The number of benzene rings is 2. The number of aromatic nitrogens is 1. The number of nitrogens with one attached hydrogen (secondary N) is 1. The summed E-state index contributed by atoms with van der Waals surface area (Å²) >= 11 is 4.60. The summed E-state index contributed by atoms with van der Waals surface area (Å²) in [7, 11) is 0. The van der Waals surface area contributed by atoms with Gasteiger partial charge in [-0.05, 0) is 18.2 Å². The van der Waals surface area contributed by atoms with E-state index in [0.29, 0.717) is 9.60 Å². The zero-order chi connectivity index (χ0) is 16.4. The number of hydrogen-bond donors (Lipinski definition) is 2. The van der Waals surface area contributed by atoms with E-state index in [4.69, 9.17) is 0 Å². The highest BCUT2D eigenvalue weighted by molar-refractivity contribution is 9.10. The molecule has 0 aliphatic rings. The molecule has 2 aromatic carbocycles. The first-order valence-electron chi connectivity index (χ1n) is 6.36. The predicted octanol–water partition coefficient (Wildman–Crippen LogP) is 4.12. The van der Waals surface area contributed by atoms with Crippen LogP contribution in [0.1, 0.15) is 5.56 Å². The first-order valence-corrected chi connectivity index (χ1v) is 7.97. The maximum absolute atomic E-state index is 10.9. The highest BCUT2D eigenvalue weighted by Gasteiger charge is 2.17. The van der Waals surface area contributed by atoms with Crippen LogP contribution in [0.25, 0.3) is 10.2 Å². The van der Waals surface area contributed by atoms with Gasteiger partial charge in [0.2, 0.25) is 10.9 Å². The Morgan fingerprint density at radius 2 is 2.17 bits per heavy atom. The summed E-state index contributed by atoms with van der Waals surface area (Å²) in [4.78, 5) is 14.6. The van der Waals surface area contributed by atoms with Gasteiger partial charge in [-0.3, -0.25) is 15.5 Å². The molecule has 3 rings (SSSR count). The SMILES string of the molecule is O=[N+]([O-])c1cc(Br)cc(/C=N/Nc2nc3ccccc3s2)c1O. The van der Waals surface area contributed by atoms with Crippen molar-refractivity contribution in [2.75, 3.05) is 5.43 Å². The van der Waals surface area contributed by atoms with Gasteiger partial charge in [-0.15, -0.1) is 0 Å². The first-order chi connectivity index (χ1) is 11.0. The quantitative estimate of drug-likeness (QED) is 0.395. The summed E-state index contributed by atoms with van der Waals surface area (Å²) in [5.41, 5.74) is 3.45. The second-order valence-electron chi connectivity index (χ2n) is 4.48. The second kappa shape index (κ2) is 6.31. The van der Waals surface area contributed by atoms with Gasteiger partial charge in [0.05, 0.1) is 21.4 Å².